The average Bonchev–Trinajstić information content (AvgIpc) is 2.45. The molecule has 2 fully saturated rings. The number of hydrogen-bond donors (Lipinski definition) is 0. The van der Waals surface area contributed by atoms with Crippen LogP contribution in [0.4, 0.5) is 4.79 Å². The Labute approximate surface area is 120 Å². The van der Waals surface area contributed by atoms with Crippen LogP contribution in [0.15, 0.2) is 30.8 Å². The Morgan fingerprint density at radius 1 is 1.40 bits per heavy atom. The molecule has 1 aromatic carbocycles. The van der Waals surface area contributed by atoms with Crippen LogP contribution in [0, 0.1) is 5.92 Å². The molecule has 2 heterocycles. The Hall–Kier alpha value is -1.77. The van der Waals surface area contributed by atoms with Crippen molar-refractivity contribution >= 4 is 12.2 Å². The van der Waals surface area contributed by atoms with Crippen molar-refractivity contribution in [3.63, 3.8) is 0 Å². The molecule has 3 rings (SSSR count). The SMILES string of the molecule is C=Cc1cccc(C2CCC3CN2C(=O)OC3(C)C)c1. The molecule has 2 aliphatic rings. The van der Waals surface area contributed by atoms with E-state index in [1.54, 1.807) is 0 Å². The number of ether oxygens (including phenoxy) is 1. The van der Waals surface area contributed by atoms with E-state index < -0.39 is 0 Å². The monoisotopic (exact) mass is 271 g/mol. The number of rotatable bonds is 2. The third kappa shape index (κ3) is 2.11. The molecule has 1 amide bonds. The lowest BCUT2D eigenvalue weighted by molar-refractivity contribution is -0.0980. The summed E-state index contributed by atoms with van der Waals surface area (Å²) in [5, 5.41) is 0. The molecule has 2 aliphatic heterocycles. The first-order valence-electron chi connectivity index (χ1n) is 7.23. The predicted octanol–water partition coefficient (Wildman–Crippen LogP) is 4.01. The number of carbonyl (C=O) groups is 1. The fourth-order valence-corrected chi connectivity index (χ4v) is 3.35. The number of benzene rings is 1. The van der Waals surface area contributed by atoms with Crippen LogP contribution < -0.4 is 0 Å². The molecule has 0 spiro atoms. The van der Waals surface area contributed by atoms with Gasteiger partial charge in [-0.15, -0.1) is 0 Å². The molecule has 0 radical (unpaired) electrons. The van der Waals surface area contributed by atoms with Crippen LogP contribution >= 0.6 is 0 Å². The molecule has 20 heavy (non-hydrogen) atoms. The van der Waals surface area contributed by atoms with Crippen LogP contribution in [0.3, 0.4) is 0 Å². The summed E-state index contributed by atoms with van der Waals surface area (Å²) in [7, 11) is 0. The first-order chi connectivity index (χ1) is 9.51. The van der Waals surface area contributed by atoms with Crippen molar-refractivity contribution in [1.29, 1.82) is 0 Å². The normalized spacial score (nSPS) is 27.9. The van der Waals surface area contributed by atoms with E-state index in [1.807, 2.05) is 37.0 Å². The van der Waals surface area contributed by atoms with Crippen molar-refractivity contribution < 1.29 is 9.53 Å². The van der Waals surface area contributed by atoms with E-state index in [2.05, 4.69) is 18.7 Å². The van der Waals surface area contributed by atoms with E-state index in [0.717, 1.165) is 24.9 Å². The lowest BCUT2D eigenvalue weighted by Gasteiger charge is -2.50. The summed E-state index contributed by atoms with van der Waals surface area (Å²) < 4.78 is 5.62. The van der Waals surface area contributed by atoms with Crippen molar-refractivity contribution in [2.75, 3.05) is 6.54 Å². The lowest BCUT2D eigenvalue weighted by Crippen LogP contribution is -2.56. The highest BCUT2D eigenvalue weighted by atomic mass is 16.6. The molecule has 1 aromatic rings. The molecule has 0 aromatic heterocycles. The van der Waals surface area contributed by atoms with E-state index in [4.69, 9.17) is 4.74 Å². The Kier molecular flexibility index (Phi) is 3.08. The van der Waals surface area contributed by atoms with Gasteiger partial charge in [-0.25, -0.2) is 4.79 Å². The van der Waals surface area contributed by atoms with Crippen molar-refractivity contribution in [3.8, 4) is 0 Å². The Morgan fingerprint density at radius 3 is 2.95 bits per heavy atom. The first-order valence-corrected chi connectivity index (χ1v) is 7.23. The summed E-state index contributed by atoms with van der Waals surface area (Å²) in [5.41, 5.74) is 1.94. The minimum atomic E-state index is -0.332. The van der Waals surface area contributed by atoms with Crippen LogP contribution in [0.1, 0.15) is 43.9 Å². The molecule has 0 aliphatic carbocycles. The molecular formula is C17H21NO2. The smallest absolute Gasteiger partial charge is 0.410 e. The first kappa shape index (κ1) is 13.2. The number of amides is 1. The van der Waals surface area contributed by atoms with Gasteiger partial charge in [0.2, 0.25) is 0 Å². The average molecular weight is 271 g/mol. The molecule has 2 atom stereocenters. The third-order valence-electron chi connectivity index (χ3n) is 4.68. The fraction of sp³-hybridized carbons (Fsp3) is 0.471. The van der Waals surface area contributed by atoms with Crippen molar-refractivity contribution in [1.82, 2.24) is 4.90 Å². The quantitative estimate of drug-likeness (QED) is 0.813. The van der Waals surface area contributed by atoms with Crippen LogP contribution in [0.2, 0.25) is 0 Å². The lowest BCUT2D eigenvalue weighted by atomic mass is 9.79. The summed E-state index contributed by atoms with van der Waals surface area (Å²) in [5.74, 6) is 0.430. The number of fused-ring (bicyclic) bond motifs is 2. The summed E-state index contributed by atoms with van der Waals surface area (Å²) in [6.07, 6.45) is 3.76. The number of nitrogens with zero attached hydrogens (tertiary/aromatic N) is 1. The fourth-order valence-electron chi connectivity index (χ4n) is 3.35. The minimum absolute atomic E-state index is 0.134. The summed E-state index contributed by atoms with van der Waals surface area (Å²) in [6.45, 7) is 8.65. The highest BCUT2D eigenvalue weighted by Gasteiger charge is 2.47. The van der Waals surface area contributed by atoms with Gasteiger partial charge in [-0.3, -0.25) is 0 Å². The minimum Gasteiger partial charge on any atom is -0.443 e. The number of piperidine rings is 1. The van der Waals surface area contributed by atoms with E-state index in [9.17, 15) is 4.79 Å². The van der Waals surface area contributed by atoms with Crippen LogP contribution in [0.5, 0.6) is 0 Å². The molecule has 2 bridgehead atoms. The molecular weight excluding hydrogens is 250 g/mol. The summed E-state index contributed by atoms with van der Waals surface area (Å²) >= 11 is 0. The Bertz CT molecular complexity index is 550. The highest BCUT2D eigenvalue weighted by Crippen LogP contribution is 2.42. The highest BCUT2D eigenvalue weighted by molar-refractivity contribution is 5.70. The Morgan fingerprint density at radius 2 is 2.20 bits per heavy atom. The second-order valence-electron chi connectivity index (χ2n) is 6.29. The van der Waals surface area contributed by atoms with Gasteiger partial charge in [0.05, 0.1) is 6.04 Å². The van der Waals surface area contributed by atoms with Gasteiger partial charge in [-0.1, -0.05) is 30.9 Å². The van der Waals surface area contributed by atoms with Gasteiger partial charge in [0.1, 0.15) is 5.60 Å². The van der Waals surface area contributed by atoms with Gasteiger partial charge in [0.25, 0.3) is 0 Å². The predicted molar refractivity (Wildman–Crippen MR) is 79.3 cm³/mol. The number of cyclic esters (lactones) is 1. The zero-order chi connectivity index (χ0) is 14.3. The standard InChI is InChI=1S/C17H21NO2/c1-4-12-6-5-7-13(10-12)15-9-8-14-11-18(15)16(19)20-17(14,2)3/h4-7,10,14-15H,1,8-9,11H2,2-3H3. The molecule has 3 nitrogen and oxygen atoms in total. The van der Waals surface area contributed by atoms with Crippen molar-refractivity contribution in [3.05, 3.63) is 42.0 Å². The molecule has 3 heteroatoms. The van der Waals surface area contributed by atoms with Crippen molar-refractivity contribution in [2.45, 2.75) is 38.3 Å². The maximum Gasteiger partial charge on any atom is 0.410 e. The van der Waals surface area contributed by atoms with E-state index >= 15 is 0 Å². The Balaban J connectivity index is 1.89. The molecule has 106 valence electrons. The molecule has 0 saturated carbocycles. The topological polar surface area (TPSA) is 29.5 Å². The van der Waals surface area contributed by atoms with Gasteiger partial charge < -0.3 is 9.64 Å². The van der Waals surface area contributed by atoms with Crippen LogP contribution in [-0.2, 0) is 4.74 Å². The zero-order valence-electron chi connectivity index (χ0n) is 12.1. The number of hydrogen-bond acceptors (Lipinski definition) is 2. The molecule has 2 saturated heterocycles. The third-order valence-corrected chi connectivity index (χ3v) is 4.68. The van der Waals surface area contributed by atoms with Crippen LogP contribution in [0.25, 0.3) is 6.08 Å². The van der Waals surface area contributed by atoms with Crippen molar-refractivity contribution in [2.24, 2.45) is 5.92 Å². The van der Waals surface area contributed by atoms with E-state index in [0.29, 0.717) is 5.92 Å². The number of carbonyl (C=O) groups excluding carboxylic acids is 1. The van der Waals surface area contributed by atoms with E-state index in [1.165, 1.54) is 5.56 Å². The largest absolute Gasteiger partial charge is 0.443 e. The van der Waals surface area contributed by atoms with Gasteiger partial charge in [-0.2, -0.15) is 0 Å². The van der Waals surface area contributed by atoms with Crippen LogP contribution in [-0.4, -0.2) is 23.1 Å². The molecule has 2 unspecified atom stereocenters. The van der Waals surface area contributed by atoms with Gasteiger partial charge in [0.15, 0.2) is 0 Å². The van der Waals surface area contributed by atoms with Gasteiger partial charge >= 0.3 is 6.09 Å². The summed E-state index contributed by atoms with van der Waals surface area (Å²) in [4.78, 5) is 14.1. The summed E-state index contributed by atoms with van der Waals surface area (Å²) in [6, 6.07) is 8.39. The molecule has 0 N–H and O–H groups in total. The van der Waals surface area contributed by atoms with E-state index in [-0.39, 0.29) is 17.7 Å². The van der Waals surface area contributed by atoms with Gasteiger partial charge in [0, 0.05) is 12.5 Å². The maximum absolute atomic E-state index is 12.2. The maximum atomic E-state index is 12.2. The van der Waals surface area contributed by atoms with Gasteiger partial charge in [-0.05, 0) is 43.9 Å². The second-order valence-corrected chi connectivity index (χ2v) is 6.29. The second kappa shape index (κ2) is 4.65. The zero-order valence-corrected chi connectivity index (χ0v) is 12.1.